The van der Waals surface area contributed by atoms with Crippen LogP contribution in [-0.4, -0.2) is 48.4 Å². The smallest absolute Gasteiger partial charge is 0.326 e. The van der Waals surface area contributed by atoms with E-state index in [1.807, 2.05) is 18.2 Å². The third-order valence-corrected chi connectivity index (χ3v) is 6.19. The number of para-hydroxylation sites is 1. The van der Waals surface area contributed by atoms with Crippen molar-refractivity contribution >= 4 is 29.5 Å². The summed E-state index contributed by atoms with van der Waals surface area (Å²) in [6.07, 6.45) is 1.84. The number of nitrogens with zero attached hydrogens (tertiary/aromatic N) is 3. The van der Waals surface area contributed by atoms with Crippen LogP contribution in [0, 0.1) is 17.1 Å². The third kappa shape index (κ3) is 4.57. The van der Waals surface area contributed by atoms with E-state index in [2.05, 4.69) is 5.32 Å². The van der Waals surface area contributed by atoms with Gasteiger partial charge in [0.15, 0.2) is 6.61 Å². The molecule has 1 saturated heterocycles. The molecule has 1 unspecified atom stereocenters. The van der Waals surface area contributed by atoms with Crippen LogP contribution in [0.25, 0.3) is 0 Å². The van der Waals surface area contributed by atoms with E-state index >= 15 is 0 Å². The van der Waals surface area contributed by atoms with Crippen molar-refractivity contribution in [3.8, 4) is 6.07 Å². The molecule has 9 nitrogen and oxygen atoms in total. The van der Waals surface area contributed by atoms with Gasteiger partial charge in [-0.05, 0) is 42.5 Å². The Morgan fingerprint density at radius 3 is 2.69 bits per heavy atom. The molecule has 4 amide bonds. The van der Waals surface area contributed by atoms with Crippen molar-refractivity contribution in [2.75, 3.05) is 24.6 Å². The summed E-state index contributed by atoms with van der Waals surface area (Å²) in [6, 6.07) is 14.1. The molecular formula is C25H23FN4O5. The molecule has 4 rings (SSSR count). The first-order valence-electron chi connectivity index (χ1n) is 11.2. The summed E-state index contributed by atoms with van der Waals surface area (Å²) in [4.78, 5) is 52.8. The van der Waals surface area contributed by atoms with E-state index in [-0.39, 0.29) is 18.7 Å². The highest BCUT2D eigenvalue weighted by atomic mass is 19.1. The average Bonchev–Trinajstić information content (AvgIpc) is 3.08. The van der Waals surface area contributed by atoms with Gasteiger partial charge in [-0.2, -0.15) is 5.26 Å². The van der Waals surface area contributed by atoms with Crippen LogP contribution in [0.1, 0.15) is 30.4 Å². The summed E-state index contributed by atoms with van der Waals surface area (Å²) >= 11 is 0. The minimum Gasteiger partial charge on any atom is -0.454 e. The number of amides is 4. The molecule has 1 N–H and O–H groups in total. The molecule has 2 aliphatic rings. The van der Waals surface area contributed by atoms with Crippen LogP contribution < -0.4 is 10.2 Å². The van der Waals surface area contributed by atoms with E-state index in [4.69, 9.17) is 10.00 Å². The second kappa shape index (κ2) is 9.93. The fourth-order valence-corrected chi connectivity index (χ4v) is 4.56. The minimum atomic E-state index is -1.22. The molecule has 180 valence electrons. The number of urea groups is 1. The molecule has 2 aromatic rings. The van der Waals surface area contributed by atoms with Crippen molar-refractivity contribution in [1.29, 1.82) is 5.26 Å². The van der Waals surface area contributed by atoms with Crippen molar-refractivity contribution in [2.24, 2.45) is 0 Å². The number of rotatable bonds is 7. The monoisotopic (exact) mass is 478 g/mol. The number of imide groups is 1. The highest BCUT2D eigenvalue weighted by molar-refractivity contribution is 6.09. The Morgan fingerprint density at radius 1 is 1.17 bits per heavy atom. The summed E-state index contributed by atoms with van der Waals surface area (Å²) in [5.74, 6) is -2.91. The molecule has 2 aromatic carbocycles. The van der Waals surface area contributed by atoms with Crippen LogP contribution in [0.2, 0.25) is 0 Å². The van der Waals surface area contributed by atoms with Gasteiger partial charge in [-0.15, -0.1) is 0 Å². The van der Waals surface area contributed by atoms with Crippen LogP contribution in [-0.2, 0) is 31.1 Å². The Labute approximate surface area is 201 Å². The molecule has 0 saturated carbocycles. The van der Waals surface area contributed by atoms with Crippen LogP contribution in [0.3, 0.4) is 0 Å². The molecule has 1 aliphatic carbocycles. The van der Waals surface area contributed by atoms with E-state index < -0.39 is 48.3 Å². The highest BCUT2D eigenvalue weighted by Gasteiger charge is 2.54. The maximum atomic E-state index is 14.2. The van der Waals surface area contributed by atoms with E-state index in [1.54, 1.807) is 12.1 Å². The highest BCUT2D eigenvalue weighted by Crippen LogP contribution is 2.39. The number of benzene rings is 2. The first-order chi connectivity index (χ1) is 16.9. The average molecular weight is 478 g/mol. The van der Waals surface area contributed by atoms with Crippen molar-refractivity contribution < 1.29 is 28.3 Å². The quantitative estimate of drug-likeness (QED) is 0.482. The molecule has 1 atom stereocenters. The number of nitrogens with one attached hydrogen (secondary N) is 1. The number of hydrogen-bond donors (Lipinski definition) is 1. The van der Waals surface area contributed by atoms with Gasteiger partial charge in [0, 0.05) is 6.54 Å². The van der Waals surface area contributed by atoms with Crippen LogP contribution in [0.15, 0.2) is 48.5 Å². The lowest BCUT2D eigenvalue weighted by Gasteiger charge is -2.33. The Bertz CT molecular complexity index is 1230. The van der Waals surface area contributed by atoms with E-state index in [0.717, 1.165) is 21.8 Å². The topological polar surface area (TPSA) is 120 Å². The standard InChI is InChI=1S/C25H23FN4O5/c26-19-10-3-4-11-20(19)29(14-6-13-27)21(31)16-35-22(32)15-30-23(33)25(28-24(30)34)12-5-8-17-7-1-2-9-18(17)25/h1-4,7,9-11H,5-6,8,12,14-16H2,(H,28,34). The number of halogens is 1. The molecular weight excluding hydrogens is 455 g/mol. The maximum absolute atomic E-state index is 14.2. The van der Waals surface area contributed by atoms with E-state index in [0.29, 0.717) is 18.4 Å². The number of fused-ring (bicyclic) bond motifs is 2. The molecule has 10 heteroatoms. The summed E-state index contributed by atoms with van der Waals surface area (Å²) in [6.45, 7) is -1.50. The number of hydrogen-bond acceptors (Lipinski definition) is 6. The first kappa shape index (κ1) is 23.9. The third-order valence-electron chi connectivity index (χ3n) is 6.19. The molecule has 1 heterocycles. The number of carbonyl (C=O) groups is 4. The van der Waals surface area contributed by atoms with E-state index in [1.165, 1.54) is 24.3 Å². The van der Waals surface area contributed by atoms with Gasteiger partial charge < -0.3 is 15.0 Å². The summed E-state index contributed by atoms with van der Waals surface area (Å²) < 4.78 is 19.2. The number of ether oxygens (including phenoxy) is 1. The molecule has 35 heavy (non-hydrogen) atoms. The zero-order valence-electron chi connectivity index (χ0n) is 18.8. The maximum Gasteiger partial charge on any atom is 0.326 e. The number of aryl methyl sites for hydroxylation is 1. The fraction of sp³-hybridized carbons (Fsp3) is 0.320. The Morgan fingerprint density at radius 2 is 1.91 bits per heavy atom. The van der Waals surface area contributed by atoms with Gasteiger partial charge in [0.1, 0.15) is 17.9 Å². The normalized spacial score (nSPS) is 18.6. The lowest BCUT2D eigenvalue weighted by atomic mass is 9.76. The lowest BCUT2D eigenvalue weighted by Crippen LogP contribution is -2.47. The summed E-state index contributed by atoms with van der Waals surface area (Å²) in [7, 11) is 0. The number of esters is 1. The molecule has 1 aliphatic heterocycles. The SMILES string of the molecule is N#CCCN(C(=O)COC(=O)CN1C(=O)NC2(CCCc3ccccc32)C1=O)c1ccccc1F. The molecule has 0 bridgehead atoms. The van der Waals surface area contributed by atoms with Crippen molar-refractivity contribution in [2.45, 2.75) is 31.2 Å². The predicted octanol–water partition coefficient (Wildman–Crippen LogP) is 2.40. The van der Waals surface area contributed by atoms with Crippen LogP contribution in [0.5, 0.6) is 0 Å². The Hall–Kier alpha value is -4.26. The van der Waals surface area contributed by atoms with Gasteiger partial charge in [-0.3, -0.25) is 19.3 Å². The Kier molecular flexibility index (Phi) is 6.78. The second-order valence-electron chi connectivity index (χ2n) is 8.30. The number of carbonyl (C=O) groups excluding carboxylic acids is 4. The largest absolute Gasteiger partial charge is 0.454 e. The van der Waals surface area contributed by atoms with Crippen molar-refractivity contribution in [3.05, 3.63) is 65.5 Å². The Balaban J connectivity index is 1.42. The van der Waals surface area contributed by atoms with Crippen LogP contribution in [0.4, 0.5) is 14.9 Å². The van der Waals surface area contributed by atoms with Gasteiger partial charge in [0.25, 0.3) is 11.8 Å². The molecule has 0 aromatic heterocycles. The molecule has 1 spiro atoms. The van der Waals surface area contributed by atoms with E-state index in [9.17, 15) is 23.6 Å². The predicted molar refractivity (Wildman–Crippen MR) is 121 cm³/mol. The molecule has 1 fully saturated rings. The van der Waals surface area contributed by atoms with Gasteiger partial charge in [0.2, 0.25) is 0 Å². The van der Waals surface area contributed by atoms with Gasteiger partial charge in [0.05, 0.1) is 18.2 Å². The van der Waals surface area contributed by atoms with Crippen molar-refractivity contribution in [1.82, 2.24) is 10.2 Å². The molecule has 0 radical (unpaired) electrons. The fourth-order valence-electron chi connectivity index (χ4n) is 4.56. The number of nitriles is 1. The van der Waals surface area contributed by atoms with Gasteiger partial charge in [-0.25, -0.2) is 9.18 Å². The zero-order chi connectivity index (χ0) is 25.0. The first-order valence-corrected chi connectivity index (χ1v) is 11.2. The lowest BCUT2D eigenvalue weighted by molar-refractivity contribution is -0.150. The summed E-state index contributed by atoms with van der Waals surface area (Å²) in [5, 5.41) is 11.6. The van der Waals surface area contributed by atoms with Gasteiger partial charge >= 0.3 is 12.0 Å². The summed E-state index contributed by atoms with van der Waals surface area (Å²) in [5.41, 5.74) is 0.415. The van der Waals surface area contributed by atoms with Gasteiger partial charge in [-0.1, -0.05) is 36.4 Å². The minimum absolute atomic E-state index is 0.0456. The number of anilines is 1. The van der Waals surface area contributed by atoms with Crippen molar-refractivity contribution in [3.63, 3.8) is 0 Å². The second-order valence-corrected chi connectivity index (χ2v) is 8.30. The zero-order valence-corrected chi connectivity index (χ0v) is 18.8. The van der Waals surface area contributed by atoms with Crippen LogP contribution >= 0.6 is 0 Å².